The molecule has 0 aliphatic rings. The first kappa shape index (κ1) is 14.8. The van der Waals surface area contributed by atoms with E-state index >= 15 is 0 Å². The molecule has 0 aliphatic carbocycles. The Morgan fingerprint density at radius 1 is 1.00 bits per heavy atom. The van der Waals surface area contributed by atoms with Crippen LogP contribution in [0.4, 0.5) is 18.9 Å². The first-order chi connectivity index (χ1) is 9.52. The molecule has 0 bridgehead atoms. The summed E-state index contributed by atoms with van der Waals surface area (Å²) in [6, 6.07) is 13.2. The topological polar surface area (TPSA) is 12.0 Å². The van der Waals surface area contributed by atoms with E-state index in [-0.39, 0.29) is 12.1 Å². The lowest BCUT2D eigenvalue weighted by Gasteiger charge is -2.15. The van der Waals surface area contributed by atoms with E-state index in [1.54, 1.807) is 17.8 Å². The van der Waals surface area contributed by atoms with E-state index in [9.17, 15) is 13.2 Å². The van der Waals surface area contributed by atoms with Gasteiger partial charge in [0.25, 0.3) is 0 Å². The molecule has 0 amide bonds. The molecule has 2 aromatic rings. The highest BCUT2D eigenvalue weighted by Crippen LogP contribution is 2.32. The third-order valence-electron chi connectivity index (χ3n) is 2.90. The minimum atomic E-state index is -4.32. The fourth-order valence-corrected chi connectivity index (χ4v) is 2.51. The number of para-hydroxylation sites is 1. The predicted octanol–water partition coefficient (Wildman–Crippen LogP) is 5.04. The van der Waals surface area contributed by atoms with Gasteiger partial charge in [0.2, 0.25) is 0 Å². The molecule has 0 fully saturated rings. The number of halogens is 3. The Labute approximate surface area is 120 Å². The van der Waals surface area contributed by atoms with Gasteiger partial charge in [0, 0.05) is 17.1 Å². The lowest BCUT2D eigenvalue weighted by atomic mass is 10.1. The van der Waals surface area contributed by atoms with Gasteiger partial charge < -0.3 is 5.32 Å². The Hall–Kier alpha value is -1.62. The highest BCUT2D eigenvalue weighted by molar-refractivity contribution is 7.98. The number of hydrogen-bond acceptors (Lipinski definition) is 2. The summed E-state index contributed by atoms with van der Waals surface area (Å²) in [5.74, 6) is 0. The third-order valence-corrected chi connectivity index (χ3v) is 3.69. The number of anilines is 1. The standard InChI is InChI=1S/C15H14F3NS/c1-20-14-9-5-4-8-13(14)19-10-11-6-2-3-7-12(11)15(16,17)18/h2-9,19H,10H2,1H3. The van der Waals surface area contributed by atoms with Crippen LogP contribution in [-0.2, 0) is 12.7 Å². The number of nitrogens with one attached hydrogen (secondary N) is 1. The van der Waals surface area contributed by atoms with Crippen LogP contribution in [0.2, 0.25) is 0 Å². The minimum absolute atomic E-state index is 0.146. The van der Waals surface area contributed by atoms with Crippen molar-refractivity contribution in [2.75, 3.05) is 11.6 Å². The van der Waals surface area contributed by atoms with Crippen molar-refractivity contribution in [3.63, 3.8) is 0 Å². The monoisotopic (exact) mass is 297 g/mol. The van der Waals surface area contributed by atoms with Crippen molar-refractivity contribution in [2.45, 2.75) is 17.6 Å². The number of alkyl halides is 3. The zero-order valence-corrected chi connectivity index (χ0v) is 11.7. The average molecular weight is 297 g/mol. The van der Waals surface area contributed by atoms with E-state index in [4.69, 9.17) is 0 Å². The molecular formula is C15H14F3NS. The van der Waals surface area contributed by atoms with E-state index in [0.717, 1.165) is 16.6 Å². The normalized spacial score (nSPS) is 11.4. The Morgan fingerprint density at radius 2 is 1.65 bits per heavy atom. The summed E-state index contributed by atoms with van der Waals surface area (Å²) in [6.07, 6.45) is -2.39. The van der Waals surface area contributed by atoms with Crippen molar-refractivity contribution in [2.24, 2.45) is 0 Å². The lowest BCUT2D eigenvalue weighted by Crippen LogP contribution is -2.11. The molecule has 0 atom stereocenters. The molecule has 0 heterocycles. The van der Waals surface area contributed by atoms with Crippen molar-refractivity contribution in [3.8, 4) is 0 Å². The zero-order valence-electron chi connectivity index (χ0n) is 10.9. The number of benzene rings is 2. The van der Waals surface area contributed by atoms with Crippen LogP contribution < -0.4 is 5.32 Å². The number of hydrogen-bond donors (Lipinski definition) is 1. The van der Waals surface area contributed by atoms with Crippen LogP contribution in [0.5, 0.6) is 0 Å². The van der Waals surface area contributed by atoms with Crippen LogP contribution in [0.3, 0.4) is 0 Å². The molecule has 2 rings (SSSR count). The van der Waals surface area contributed by atoms with Gasteiger partial charge in [-0.1, -0.05) is 30.3 Å². The van der Waals surface area contributed by atoms with Gasteiger partial charge in [-0.2, -0.15) is 13.2 Å². The van der Waals surface area contributed by atoms with E-state index in [2.05, 4.69) is 5.32 Å². The van der Waals surface area contributed by atoms with E-state index in [1.807, 2.05) is 30.5 Å². The lowest BCUT2D eigenvalue weighted by molar-refractivity contribution is -0.138. The van der Waals surface area contributed by atoms with Crippen molar-refractivity contribution >= 4 is 17.4 Å². The molecule has 0 aliphatic heterocycles. The molecule has 0 aromatic heterocycles. The van der Waals surface area contributed by atoms with Gasteiger partial charge in [0.15, 0.2) is 0 Å². The maximum Gasteiger partial charge on any atom is 0.416 e. The smallest absolute Gasteiger partial charge is 0.380 e. The molecule has 0 spiro atoms. The molecule has 0 unspecified atom stereocenters. The third kappa shape index (κ3) is 3.48. The van der Waals surface area contributed by atoms with Crippen molar-refractivity contribution in [1.29, 1.82) is 0 Å². The van der Waals surface area contributed by atoms with Crippen LogP contribution in [0, 0.1) is 0 Å². The van der Waals surface area contributed by atoms with Gasteiger partial charge in [0.05, 0.1) is 5.56 Å². The molecule has 20 heavy (non-hydrogen) atoms. The molecule has 2 aromatic carbocycles. The number of thioether (sulfide) groups is 1. The van der Waals surface area contributed by atoms with E-state index < -0.39 is 11.7 Å². The first-order valence-corrected chi connectivity index (χ1v) is 7.27. The van der Waals surface area contributed by atoms with E-state index in [1.165, 1.54) is 12.1 Å². The van der Waals surface area contributed by atoms with Crippen molar-refractivity contribution in [3.05, 3.63) is 59.7 Å². The quantitative estimate of drug-likeness (QED) is 0.793. The minimum Gasteiger partial charge on any atom is -0.380 e. The van der Waals surface area contributed by atoms with Gasteiger partial charge in [-0.15, -0.1) is 11.8 Å². The van der Waals surface area contributed by atoms with Gasteiger partial charge in [0.1, 0.15) is 0 Å². The summed E-state index contributed by atoms with van der Waals surface area (Å²) in [5, 5.41) is 3.07. The summed E-state index contributed by atoms with van der Waals surface area (Å²) >= 11 is 1.56. The van der Waals surface area contributed by atoms with Crippen LogP contribution in [0.1, 0.15) is 11.1 Å². The van der Waals surface area contributed by atoms with Crippen LogP contribution in [0.25, 0.3) is 0 Å². The van der Waals surface area contributed by atoms with Gasteiger partial charge >= 0.3 is 6.18 Å². The maximum absolute atomic E-state index is 12.9. The Morgan fingerprint density at radius 3 is 2.35 bits per heavy atom. The molecule has 1 N–H and O–H groups in total. The molecule has 0 radical (unpaired) electrons. The van der Waals surface area contributed by atoms with Crippen LogP contribution >= 0.6 is 11.8 Å². The maximum atomic E-state index is 12.9. The first-order valence-electron chi connectivity index (χ1n) is 6.04. The molecule has 106 valence electrons. The summed E-state index contributed by atoms with van der Waals surface area (Å²) in [4.78, 5) is 1.01. The van der Waals surface area contributed by atoms with Crippen LogP contribution in [0.15, 0.2) is 53.4 Å². The molecule has 5 heteroatoms. The summed E-state index contributed by atoms with van der Waals surface area (Å²) in [6.45, 7) is 0.146. The SMILES string of the molecule is CSc1ccccc1NCc1ccccc1C(F)(F)F. The predicted molar refractivity (Wildman–Crippen MR) is 77.0 cm³/mol. The molecule has 1 nitrogen and oxygen atoms in total. The van der Waals surface area contributed by atoms with Gasteiger partial charge in [-0.25, -0.2) is 0 Å². The second-order valence-corrected chi connectivity index (χ2v) is 5.06. The van der Waals surface area contributed by atoms with Gasteiger partial charge in [-0.3, -0.25) is 0 Å². The molecule has 0 saturated heterocycles. The molecule has 0 saturated carbocycles. The van der Waals surface area contributed by atoms with Crippen LogP contribution in [-0.4, -0.2) is 6.26 Å². The Balaban J connectivity index is 2.20. The fourth-order valence-electron chi connectivity index (χ4n) is 1.93. The largest absolute Gasteiger partial charge is 0.416 e. The summed E-state index contributed by atoms with van der Waals surface area (Å²) < 4.78 is 38.7. The van der Waals surface area contributed by atoms with Gasteiger partial charge in [-0.05, 0) is 30.0 Å². The van der Waals surface area contributed by atoms with Crippen molar-refractivity contribution in [1.82, 2.24) is 0 Å². The highest BCUT2D eigenvalue weighted by Gasteiger charge is 2.32. The zero-order chi connectivity index (χ0) is 14.6. The Bertz CT molecular complexity index is 581. The van der Waals surface area contributed by atoms with E-state index in [0.29, 0.717) is 0 Å². The Kier molecular flexibility index (Phi) is 4.60. The number of rotatable bonds is 4. The second-order valence-electron chi connectivity index (χ2n) is 4.21. The summed E-state index contributed by atoms with van der Waals surface area (Å²) in [7, 11) is 0. The average Bonchev–Trinajstić information content (AvgIpc) is 2.44. The fraction of sp³-hybridized carbons (Fsp3) is 0.200. The summed E-state index contributed by atoms with van der Waals surface area (Å²) in [5.41, 5.74) is 0.502. The molecular weight excluding hydrogens is 283 g/mol. The highest BCUT2D eigenvalue weighted by atomic mass is 32.2. The van der Waals surface area contributed by atoms with Crippen molar-refractivity contribution < 1.29 is 13.2 Å². The second kappa shape index (κ2) is 6.22.